The van der Waals surface area contributed by atoms with Gasteiger partial charge < -0.3 is 31.4 Å². The summed E-state index contributed by atoms with van der Waals surface area (Å²) in [6.45, 7) is 29.5. The fourth-order valence-corrected chi connectivity index (χ4v) is 6.16. The number of anilines is 6. The first-order chi connectivity index (χ1) is 23.3. The number of rotatable bonds is 4. The van der Waals surface area contributed by atoms with E-state index >= 15 is 0 Å². The van der Waals surface area contributed by atoms with E-state index < -0.39 is 11.7 Å². The molecular formula is C42H44F3N5Pt. The Morgan fingerprint density at radius 3 is 1.35 bits per heavy atom. The molecule has 0 aliphatic carbocycles. The Balaban J connectivity index is 0.00000191. The van der Waals surface area contributed by atoms with E-state index in [0.29, 0.717) is 11.4 Å². The second-order valence-electron chi connectivity index (χ2n) is 15.0. The van der Waals surface area contributed by atoms with Crippen LogP contribution in [0, 0.1) is 45.1 Å². The van der Waals surface area contributed by atoms with Crippen molar-refractivity contribution in [1.29, 1.82) is 5.26 Å². The third kappa shape index (κ3) is 7.85. The molecule has 0 amide bonds. The Bertz CT molecular complexity index is 1930. The topological polar surface area (TPSA) is 36.8 Å². The van der Waals surface area contributed by atoms with Crippen LogP contribution in [0.4, 0.5) is 47.3 Å². The number of allylic oxidation sites excluding steroid dienone is 2. The molecule has 6 rings (SSSR count). The molecule has 0 spiro atoms. The van der Waals surface area contributed by atoms with Crippen molar-refractivity contribution in [1.82, 2.24) is 0 Å². The second-order valence-corrected chi connectivity index (χ2v) is 15.0. The molecule has 0 aromatic heterocycles. The second kappa shape index (κ2) is 14.4. The molecule has 9 heteroatoms. The van der Waals surface area contributed by atoms with Crippen molar-refractivity contribution in [2.45, 2.75) is 86.2 Å². The van der Waals surface area contributed by atoms with Gasteiger partial charge in [0, 0.05) is 34.1 Å². The maximum Gasteiger partial charge on any atom is 4.00 e. The molecule has 0 saturated carbocycles. The van der Waals surface area contributed by atoms with Gasteiger partial charge in [-0.3, -0.25) is 0 Å². The molecule has 2 aliphatic rings. The Morgan fingerprint density at radius 2 is 0.922 bits per heavy atom. The monoisotopic (exact) mass is 870 g/mol. The van der Waals surface area contributed by atoms with Crippen molar-refractivity contribution in [3.8, 4) is 0 Å². The first kappa shape index (κ1) is 39.6. The SMILES string of the molecule is CC1=C(C)N(c2ccc(C(C)(C)C)cc2)[CH-]N1c1[c-]c(N2[CH-]N(c3ccc(C(C)(C)C)cc3)c3cc(C)c(C)cc32)cc(C(F)(F)F)c1.[C-]#N.[Pt+4]. The van der Waals surface area contributed by atoms with Gasteiger partial charge in [-0.2, -0.15) is 13.2 Å². The van der Waals surface area contributed by atoms with E-state index in [2.05, 4.69) is 109 Å². The molecular weight excluding hydrogens is 827 g/mol. The molecule has 0 N–H and O–H groups in total. The Morgan fingerprint density at radius 1 is 0.549 bits per heavy atom. The average Bonchev–Trinajstić information content (AvgIpc) is 3.57. The summed E-state index contributed by atoms with van der Waals surface area (Å²) in [5.41, 5.74) is 9.81. The van der Waals surface area contributed by atoms with Gasteiger partial charge in [-0.15, -0.1) is 42.9 Å². The molecule has 4 aromatic rings. The van der Waals surface area contributed by atoms with Crippen LogP contribution < -0.4 is 19.6 Å². The van der Waals surface area contributed by atoms with Crippen LogP contribution in [0.3, 0.4) is 0 Å². The zero-order chi connectivity index (χ0) is 36.9. The van der Waals surface area contributed by atoms with Crippen molar-refractivity contribution in [3.63, 3.8) is 0 Å². The van der Waals surface area contributed by atoms with E-state index in [9.17, 15) is 13.2 Å². The van der Waals surface area contributed by atoms with E-state index in [1.165, 1.54) is 23.3 Å². The summed E-state index contributed by atoms with van der Waals surface area (Å²) in [4.78, 5) is 7.68. The van der Waals surface area contributed by atoms with Crippen LogP contribution in [-0.2, 0) is 38.1 Å². The van der Waals surface area contributed by atoms with Crippen molar-refractivity contribution in [3.05, 3.63) is 138 Å². The molecule has 0 atom stereocenters. The van der Waals surface area contributed by atoms with Crippen molar-refractivity contribution in [2.24, 2.45) is 0 Å². The van der Waals surface area contributed by atoms with Crippen molar-refractivity contribution >= 4 is 34.1 Å². The smallest absolute Gasteiger partial charge is 0.512 e. The summed E-state index contributed by atoms with van der Waals surface area (Å²) in [7, 11) is 0. The average molecular weight is 871 g/mol. The largest absolute Gasteiger partial charge is 4.00 e. The fourth-order valence-electron chi connectivity index (χ4n) is 6.16. The van der Waals surface area contributed by atoms with Crippen molar-refractivity contribution in [2.75, 3.05) is 19.6 Å². The maximum atomic E-state index is 14.6. The molecule has 2 heterocycles. The molecule has 0 saturated heterocycles. The number of hydrogen-bond donors (Lipinski definition) is 0. The number of alkyl halides is 3. The molecule has 0 radical (unpaired) electrons. The summed E-state index contributed by atoms with van der Waals surface area (Å²) >= 11 is 0. The van der Waals surface area contributed by atoms with Crippen molar-refractivity contribution < 1.29 is 34.2 Å². The van der Waals surface area contributed by atoms with Gasteiger partial charge in [-0.05, 0) is 97.2 Å². The van der Waals surface area contributed by atoms with E-state index in [-0.39, 0.29) is 31.9 Å². The van der Waals surface area contributed by atoms with Crippen LogP contribution in [0.5, 0.6) is 0 Å². The number of halogens is 3. The minimum absolute atomic E-state index is 0. The van der Waals surface area contributed by atoms with E-state index in [0.717, 1.165) is 45.3 Å². The van der Waals surface area contributed by atoms with Crippen LogP contribution >= 0.6 is 0 Å². The van der Waals surface area contributed by atoms with Crippen LogP contribution in [-0.4, -0.2) is 0 Å². The standard InChI is InChI=1S/C41H44F3N4.CN.Pt/c1-26-19-37-38(20-27(26)2)48(25-47(37)34-17-13-31(14-18-34)40(8,9)10)36-22-32(41(42,43)44)21-35(23-36)46-24-45(28(3)29(46)4)33-15-11-30(12-16-33)39(5,6)7;1-2;/h11-22,24-25H,1-10H3;;/q-3;-1;+4. The molecule has 5 nitrogen and oxygen atoms in total. The minimum atomic E-state index is -4.55. The number of fused-ring (bicyclic) bond motifs is 1. The third-order valence-electron chi connectivity index (χ3n) is 9.53. The normalized spacial score (nSPS) is 14.7. The summed E-state index contributed by atoms with van der Waals surface area (Å²) in [6.07, 6.45) is -4.55. The van der Waals surface area contributed by atoms with E-state index in [4.69, 9.17) is 11.8 Å². The van der Waals surface area contributed by atoms with Gasteiger partial charge in [0.25, 0.3) is 0 Å². The Kier molecular flexibility index (Phi) is 11.2. The van der Waals surface area contributed by atoms with Gasteiger partial charge in [-0.1, -0.05) is 71.4 Å². The van der Waals surface area contributed by atoms with Gasteiger partial charge in [-0.25, -0.2) is 0 Å². The van der Waals surface area contributed by atoms with Crippen LogP contribution in [0.25, 0.3) is 0 Å². The first-order valence-electron chi connectivity index (χ1n) is 16.6. The van der Waals surface area contributed by atoms with Crippen LogP contribution in [0.1, 0.15) is 83.2 Å². The zero-order valence-corrected chi connectivity index (χ0v) is 33.0. The Hall–Kier alpha value is -4.21. The molecule has 268 valence electrons. The number of benzene rings is 4. The fraction of sp³-hybridized carbons (Fsp3) is 0.310. The number of hydrogen-bond acceptors (Lipinski definition) is 5. The third-order valence-corrected chi connectivity index (χ3v) is 9.53. The van der Waals surface area contributed by atoms with E-state index in [1.54, 1.807) is 4.90 Å². The summed E-state index contributed by atoms with van der Waals surface area (Å²) in [6, 6.07) is 26.6. The van der Waals surface area contributed by atoms with E-state index in [1.807, 2.05) is 54.9 Å². The summed E-state index contributed by atoms with van der Waals surface area (Å²) < 4.78 is 43.7. The summed E-state index contributed by atoms with van der Waals surface area (Å²) in [5, 5.41) is 6.25. The van der Waals surface area contributed by atoms with Gasteiger partial charge in [0.05, 0.1) is 0 Å². The van der Waals surface area contributed by atoms with Gasteiger partial charge in [0.2, 0.25) is 0 Å². The Labute approximate surface area is 316 Å². The number of aryl methyl sites for hydroxylation is 2. The molecule has 51 heavy (non-hydrogen) atoms. The zero-order valence-electron chi connectivity index (χ0n) is 30.8. The van der Waals surface area contributed by atoms with Crippen LogP contribution in [0.15, 0.2) is 84.2 Å². The van der Waals surface area contributed by atoms with Crippen LogP contribution in [0.2, 0.25) is 0 Å². The molecule has 0 unspecified atom stereocenters. The maximum absolute atomic E-state index is 14.6. The quantitative estimate of drug-likeness (QED) is 0.191. The van der Waals surface area contributed by atoms with Gasteiger partial charge in [0.1, 0.15) is 0 Å². The molecule has 0 fully saturated rings. The number of nitrogens with zero attached hydrogens (tertiary/aromatic N) is 5. The minimum Gasteiger partial charge on any atom is -0.512 e. The first-order valence-corrected chi connectivity index (χ1v) is 16.6. The molecule has 0 bridgehead atoms. The molecule has 4 aromatic carbocycles. The van der Waals surface area contributed by atoms with Gasteiger partial charge in [0.15, 0.2) is 0 Å². The van der Waals surface area contributed by atoms with Gasteiger partial charge >= 0.3 is 27.2 Å². The predicted octanol–water partition coefficient (Wildman–Crippen LogP) is 11.9. The summed E-state index contributed by atoms with van der Waals surface area (Å²) in [5.74, 6) is 0. The molecule has 2 aliphatic heterocycles. The predicted molar refractivity (Wildman–Crippen MR) is 198 cm³/mol.